The lowest BCUT2D eigenvalue weighted by atomic mass is 10.0. The summed E-state index contributed by atoms with van der Waals surface area (Å²) in [7, 11) is -3.94. The second-order valence-corrected chi connectivity index (χ2v) is 7.29. The fourth-order valence-electron chi connectivity index (χ4n) is 2.54. The smallest absolute Gasteiger partial charge is 0.242 e. The van der Waals surface area contributed by atoms with Gasteiger partial charge in [-0.25, -0.2) is 17.5 Å². The molecule has 1 aliphatic carbocycles. The molecule has 1 aliphatic rings. The predicted octanol–water partition coefficient (Wildman–Crippen LogP) is 1.72. The van der Waals surface area contributed by atoms with E-state index in [4.69, 9.17) is 17.3 Å². The third kappa shape index (κ3) is 3.36. The van der Waals surface area contributed by atoms with E-state index in [9.17, 15) is 17.6 Å². The summed E-state index contributed by atoms with van der Waals surface area (Å²) in [5, 5.41) is -0.195. The summed E-state index contributed by atoms with van der Waals surface area (Å²) in [5.41, 5.74) is 5.45. The van der Waals surface area contributed by atoms with Crippen LogP contribution in [0.2, 0.25) is 5.02 Å². The Morgan fingerprint density at radius 3 is 2.71 bits per heavy atom. The average Bonchev–Trinajstić information content (AvgIpc) is 2.81. The first-order chi connectivity index (χ1) is 9.72. The van der Waals surface area contributed by atoms with Crippen molar-refractivity contribution in [2.45, 2.75) is 37.1 Å². The van der Waals surface area contributed by atoms with Crippen LogP contribution in [-0.4, -0.2) is 20.4 Å². The van der Waals surface area contributed by atoms with Gasteiger partial charge >= 0.3 is 0 Å². The first-order valence-corrected chi connectivity index (χ1v) is 8.36. The Labute approximate surface area is 127 Å². The molecule has 1 fully saturated rings. The van der Waals surface area contributed by atoms with Gasteiger partial charge in [0.15, 0.2) is 0 Å². The van der Waals surface area contributed by atoms with Crippen molar-refractivity contribution >= 4 is 27.5 Å². The van der Waals surface area contributed by atoms with Crippen LogP contribution in [0.25, 0.3) is 0 Å². The summed E-state index contributed by atoms with van der Waals surface area (Å²) in [5.74, 6) is -1.63. The zero-order chi connectivity index (χ0) is 15.8. The number of nitrogens with two attached hydrogens (primary N) is 1. The third-order valence-corrected chi connectivity index (χ3v) is 5.65. The van der Waals surface area contributed by atoms with E-state index in [1.54, 1.807) is 0 Å². The Hall–Kier alpha value is -1.18. The highest BCUT2D eigenvalue weighted by Crippen LogP contribution is 2.29. The van der Waals surface area contributed by atoms with Crippen LogP contribution >= 0.6 is 11.6 Å². The minimum atomic E-state index is -3.94. The van der Waals surface area contributed by atoms with Crippen LogP contribution in [0, 0.1) is 18.7 Å². The Balaban J connectivity index is 2.31. The number of hydrogen-bond donors (Lipinski definition) is 2. The van der Waals surface area contributed by atoms with Crippen molar-refractivity contribution < 1.29 is 17.6 Å². The van der Waals surface area contributed by atoms with E-state index in [-0.39, 0.29) is 15.5 Å². The van der Waals surface area contributed by atoms with Crippen LogP contribution in [-0.2, 0) is 14.8 Å². The lowest BCUT2D eigenvalue weighted by Gasteiger charge is -2.19. The van der Waals surface area contributed by atoms with E-state index in [1.807, 2.05) is 0 Å². The van der Waals surface area contributed by atoms with Crippen molar-refractivity contribution in [2.75, 3.05) is 0 Å². The number of primary amides is 1. The van der Waals surface area contributed by atoms with Gasteiger partial charge in [-0.2, -0.15) is 0 Å². The van der Waals surface area contributed by atoms with Gasteiger partial charge in [0.1, 0.15) is 10.7 Å². The molecule has 0 aliphatic heterocycles. The maximum Gasteiger partial charge on any atom is 0.242 e. The molecule has 116 valence electrons. The van der Waals surface area contributed by atoms with Gasteiger partial charge in [0, 0.05) is 6.04 Å². The van der Waals surface area contributed by atoms with Crippen molar-refractivity contribution in [1.29, 1.82) is 0 Å². The Kier molecular flexibility index (Phi) is 4.55. The van der Waals surface area contributed by atoms with Gasteiger partial charge in [-0.3, -0.25) is 4.79 Å². The number of nitrogens with one attached hydrogen (secondary N) is 1. The van der Waals surface area contributed by atoms with Gasteiger partial charge in [-0.15, -0.1) is 0 Å². The number of sulfonamides is 1. The average molecular weight is 335 g/mol. The molecule has 1 aromatic rings. The van der Waals surface area contributed by atoms with Gasteiger partial charge in [0.05, 0.1) is 10.9 Å². The van der Waals surface area contributed by atoms with Gasteiger partial charge < -0.3 is 5.73 Å². The van der Waals surface area contributed by atoms with E-state index >= 15 is 0 Å². The highest BCUT2D eigenvalue weighted by Gasteiger charge is 2.35. The maximum atomic E-state index is 13.4. The monoisotopic (exact) mass is 334 g/mol. The van der Waals surface area contributed by atoms with Crippen molar-refractivity contribution in [3.05, 3.63) is 28.5 Å². The van der Waals surface area contributed by atoms with Crippen molar-refractivity contribution in [3.63, 3.8) is 0 Å². The van der Waals surface area contributed by atoms with Gasteiger partial charge in [-0.1, -0.05) is 18.0 Å². The van der Waals surface area contributed by atoms with E-state index in [1.165, 1.54) is 13.0 Å². The minimum absolute atomic E-state index is 0.178. The zero-order valence-corrected chi connectivity index (χ0v) is 13.0. The molecule has 1 saturated carbocycles. The van der Waals surface area contributed by atoms with Crippen molar-refractivity contribution in [1.82, 2.24) is 4.72 Å². The van der Waals surface area contributed by atoms with Crippen LogP contribution in [0.1, 0.15) is 24.8 Å². The second kappa shape index (κ2) is 5.90. The summed E-state index contributed by atoms with van der Waals surface area (Å²) >= 11 is 5.82. The number of hydrogen-bond acceptors (Lipinski definition) is 3. The van der Waals surface area contributed by atoms with Crippen molar-refractivity contribution in [2.24, 2.45) is 11.7 Å². The number of benzene rings is 1. The van der Waals surface area contributed by atoms with Crippen LogP contribution < -0.4 is 10.5 Å². The third-order valence-electron chi connectivity index (χ3n) is 3.69. The summed E-state index contributed by atoms with van der Waals surface area (Å²) in [6.07, 6.45) is 1.81. The van der Waals surface area contributed by atoms with Crippen LogP contribution in [0.3, 0.4) is 0 Å². The van der Waals surface area contributed by atoms with Gasteiger partial charge in [-0.05, 0) is 37.5 Å². The Morgan fingerprint density at radius 1 is 1.43 bits per heavy atom. The summed E-state index contributed by atoms with van der Waals surface area (Å²) < 4.78 is 40.6. The van der Waals surface area contributed by atoms with Gasteiger partial charge in [0.25, 0.3) is 0 Å². The molecule has 3 N–H and O–H groups in total. The predicted molar refractivity (Wildman–Crippen MR) is 76.8 cm³/mol. The zero-order valence-electron chi connectivity index (χ0n) is 11.4. The lowest BCUT2D eigenvalue weighted by Crippen LogP contribution is -2.42. The van der Waals surface area contributed by atoms with E-state index in [0.717, 1.165) is 12.5 Å². The lowest BCUT2D eigenvalue weighted by molar-refractivity contribution is -0.122. The fourth-order valence-corrected chi connectivity index (χ4v) is 4.45. The molecule has 0 saturated heterocycles. The molecule has 8 heteroatoms. The quantitative estimate of drug-likeness (QED) is 0.878. The van der Waals surface area contributed by atoms with Crippen LogP contribution in [0.5, 0.6) is 0 Å². The van der Waals surface area contributed by atoms with Crippen LogP contribution in [0.15, 0.2) is 17.0 Å². The number of carbonyl (C=O) groups excluding carboxylic acids is 1. The van der Waals surface area contributed by atoms with E-state index < -0.39 is 33.7 Å². The van der Waals surface area contributed by atoms with E-state index in [0.29, 0.717) is 12.8 Å². The molecule has 21 heavy (non-hydrogen) atoms. The molecule has 2 atom stereocenters. The summed E-state index contributed by atoms with van der Waals surface area (Å²) in [6.45, 7) is 1.45. The molecule has 1 amide bonds. The SMILES string of the molecule is Cc1cc(S(=O)(=O)N[C@H]2CCC[C@@H]2C(N)=O)c(Cl)cc1F. The van der Waals surface area contributed by atoms with E-state index in [2.05, 4.69) is 4.72 Å². The Bertz CT molecular complexity index is 678. The molecule has 0 heterocycles. The number of carbonyl (C=O) groups is 1. The number of rotatable bonds is 4. The molecule has 0 bridgehead atoms. The molecule has 0 unspecified atom stereocenters. The fraction of sp³-hybridized carbons (Fsp3) is 0.462. The summed E-state index contributed by atoms with van der Waals surface area (Å²) in [6, 6.07) is 1.59. The highest BCUT2D eigenvalue weighted by molar-refractivity contribution is 7.89. The topological polar surface area (TPSA) is 89.3 Å². The van der Waals surface area contributed by atoms with Gasteiger partial charge in [0.2, 0.25) is 15.9 Å². The molecular formula is C13H16ClFN2O3S. The standard InChI is InChI=1S/C13H16ClFN2O3S/c1-7-5-12(9(14)6-10(7)15)21(19,20)17-11-4-2-3-8(11)13(16)18/h5-6,8,11,17H,2-4H2,1H3,(H2,16,18)/t8-,11-/m0/s1. The first kappa shape index (κ1) is 16.2. The Morgan fingerprint density at radius 2 is 2.10 bits per heavy atom. The molecule has 0 aromatic heterocycles. The first-order valence-electron chi connectivity index (χ1n) is 6.49. The van der Waals surface area contributed by atoms with Crippen LogP contribution in [0.4, 0.5) is 4.39 Å². The molecule has 2 rings (SSSR count). The number of amides is 1. The molecule has 0 radical (unpaired) electrons. The number of aryl methyl sites for hydroxylation is 1. The summed E-state index contributed by atoms with van der Waals surface area (Å²) in [4.78, 5) is 11.1. The van der Waals surface area contributed by atoms with Crippen molar-refractivity contribution in [3.8, 4) is 0 Å². The highest BCUT2D eigenvalue weighted by atomic mass is 35.5. The largest absolute Gasteiger partial charge is 0.369 e. The molecule has 0 spiro atoms. The molecule has 5 nitrogen and oxygen atoms in total. The normalized spacial score (nSPS) is 22.4. The molecule has 1 aromatic carbocycles. The maximum absolute atomic E-state index is 13.4. The molecular weight excluding hydrogens is 319 g/mol. The minimum Gasteiger partial charge on any atom is -0.369 e. The number of halogens is 2. The second-order valence-electron chi connectivity index (χ2n) is 5.20.